The lowest BCUT2D eigenvalue weighted by Crippen LogP contribution is -2.30. The Balaban J connectivity index is 1.26. The summed E-state index contributed by atoms with van der Waals surface area (Å²) in [6.07, 6.45) is 3.76. The van der Waals surface area contributed by atoms with Crippen LogP contribution in [0.15, 0.2) is 73.1 Å². The predicted octanol–water partition coefficient (Wildman–Crippen LogP) is 4.77. The molecule has 0 bridgehead atoms. The molecule has 0 saturated carbocycles. The molecule has 3 heterocycles. The van der Waals surface area contributed by atoms with E-state index in [-0.39, 0.29) is 11.9 Å². The van der Waals surface area contributed by atoms with Crippen LogP contribution in [0.5, 0.6) is 11.5 Å². The van der Waals surface area contributed by atoms with E-state index in [1.54, 1.807) is 0 Å². The number of amides is 1. The molecule has 1 amide bonds. The van der Waals surface area contributed by atoms with Crippen molar-refractivity contribution in [2.24, 2.45) is 0 Å². The fraction of sp³-hybridized carbons (Fsp3) is 0.231. The Morgan fingerprint density at radius 2 is 1.75 bits per heavy atom. The Kier molecular flexibility index (Phi) is 4.56. The zero-order chi connectivity index (χ0) is 21.5. The van der Waals surface area contributed by atoms with Gasteiger partial charge >= 0.3 is 0 Å². The van der Waals surface area contributed by atoms with Gasteiger partial charge in [0.15, 0.2) is 11.5 Å². The highest BCUT2D eigenvalue weighted by Gasteiger charge is 2.31. The van der Waals surface area contributed by atoms with E-state index in [4.69, 9.17) is 9.47 Å². The third kappa shape index (κ3) is 3.19. The Bertz CT molecular complexity index is 1300. The molecule has 0 unspecified atom stereocenters. The summed E-state index contributed by atoms with van der Waals surface area (Å²) < 4.78 is 13.4. The summed E-state index contributed by atoms with van der Waals surface area (Å²) in [6, 6.07) is 21.9. The van der Waals surface area contributed by atoms with Gasteiger partial charge in [0.25, 0.3) is 5.91 Å². The summed E-state index contributed by atoms with van der Waals surface area (Å²) in [6.45, 7) is 1.89. The topological polar surface area (TPSA) is 56.6 Å². The molecular weight excluding hydrogens is 402 g/mol. The van der Waals surface area contributed by atoms with Crippen LogP contribution in [0.25, 0.3) is 16.7 Å². The van der Waals surface area contributed by atoms with Gasteiger partial charge in [-0.15, -0.1) is 0 Å². The van der Waals surface area contributed by atoms with Crippen molar-refractivity contribution in [3.05, 3.63) is 84.2 Å². The van der Waals surface area contributed by atoms with Gasteiger partial charge in [-0.1, -0.05) is 18.2 Å². The number of carbonyl (C=O) groups excluding carboxylic acids is 1. The summed E-state index contributed by atoms with van der Waals surface area (Å²) in [5.74, 6) is 1.60. The first-order valence-electron chi connectivity index (χ1n) is 11.0. The van der Waals surface area contributed by atoms with Crippen molar-refractivity contribution in [2.45, 2.75) is 18.9 Å². The summed E-state index contributed by atoms with van der Waals surface area (Å²) in [5, 5.41) is 0. The zero-order valence-electron chi connectivity index (χ0n) is 17.6. The van der Waals surface area contributed by atoms with E-state index in [0.29, 0.717) is 18.8 Å². The third-order valence-corrected chi connectivity index (χ3v) is 6.31. The molecular formula is C26H23N3O3. The fourth-order valence-corrected chi connectivity index (χ4v) is 4.72. The highest BCUT2D eigenvalue weighted by Crippen LogP contribution is 2.38. The molecule has 6 nitrogen and oxygen atoms in total. The van der Waals surface area contributed by atoms with Crippen LogP contribution in [0.1, 0.15) is 34.8 Å². The van der Waals surface area contributed by atoms with Crippen molar-refractivity contribution in [1.29, 1.82) is 0 Å². The molecule has 2 aliphatic rings. The molecule has 0 radical (unpaired) electrons. The number of nitrogens with zero attached hydrogens (tertiary/aromatic N) is 3. The highest BCUT2D eigenvalue weighted by atomic mass is 16.6. The van der Waals surface area contributed by atoms with Crippen LogP contribution in [-0.4, -0.2) is 40.1 Å². The van der Waals surface area contributed by atoms with Gasteiger partial charge in [-0.2, -0.15) is 0 Å². The van der Waals surface area contributed by atoms with Crippen LogP contribution >= 0.6 is 0 Å². The molecule has 6 rings (SSSR count). The Morgan fingerprint density at radius 3 is 2.62 bits per heavy atom. The van der Waals surface area contributed by atoms with Gasteiger partial charge in [0.05, 0.1) is 17.1 Å². The number of carbonyl (C=O) groups is 1. The number of hydrogen-bond acceptors (Lipinski definition) is 4. The molecule has 160 valence electrons. The Hall–Kier alpha value is -3.80. The first kappa shape index (κ1) is 18.9. The Labute approximate surface area is 186 Å². The molecule has 0 spiro atoms. The van der Waals surface area contributed by atoms with Crippen LogP contribution in [0.2, 0.25) is 0 Å². The first-order valence-corrected chi connectivity index (χ1v) is 11.0. The van der Waals surface area contributed by atoms with E-state index in [2.05, 4.69) is 11.1 Å². The minimum Gasteiger partial charge on any atom is -0.486 e. The molecule has 6 heteroatoms. The van der Waals surface area contributed by atoms with Gasteiger partial charge in [0.1, 0.15) is 19.5 Å². The van der Waals surface area contributed by atoms with E-state index >= 15 is 0 Å². The lowest BCUT2D eigenvalue weighted by Gasteiger charge is -2.27. The third-order valence-electron chi connectivity index (χ3n) is 6.31. The Morgan fingerprint density at radius 1 is 0.938 bits per heavy atom. The van der Waals surface area contributed by atoms with Gasteiger partial charge < -0.3 is 14.4 Å². The normalized spacial score (nSPS) is 17.6. The summed E-state index contributed by atoms with van der Waals surface area (Å²) in [7, 11) is 0. The minimum absolute atomic E-state index is 0.0515. The average molecular weight is 425 g/mol. The number of hydrogen-bond donors (Lipinski definition) is 0. The number of aromatic nitrogens is 2. The molecule has 0 aliphatic carbocycles. The predicted molar refractivity (Wildman–Crippen MR) is 122 cm³/mol. The molecule has 3 aromatic carbocycles. The van der Waals surface area contributed by atoms with Gasteiger partial charge in [-0.25, -0.2) is 4.98 Å². The van der Waals surface area contributed by atoms with Crippen LogP contribution in [-0.2, 0) is 0 Å². The van der Waals surface area contributed by atoms with Crippen LogP contribution in [0.4, 0.5) is 0 Å². The van der Waals surface area contributed by atoms with Gasteiger partial charge in [0, 0.05) is 17.8 Å². The van der Waals surface area contributed by atoms with Crippen LogP contribution in [0.3, 0.4) is 0 Å². The highest BCUT2D eigenvalue weighted by molar-refractivity contribution is 5.95. The van der Waals surface area contributed by atoms with Gasteiger partial charge in [-0.05, 0) is 66.9 Å². The van der Waals surface area contributed by atoms with E-state index < -0.39 is 0 Å². The molecule has 1 aromatic heterocycles. The second kappa shape index (κ2) is 7.71. The maximum absolute atomic E-state index is 13.4. The van der Waals surface area contributed by atoms with Crippen LogP contribution < -0.4 is 9.47 Å². The number of likely N-dealkylation sites (tertiary alicyclic amines) is 1. The largest absolute Gasteiger partial charge is 0.486 e. The summed E-state index contributed by atoms with van der Waals surface area (Å²) in [4.78, 5) is 19.8. The van der Waals surface area contributed by atoms with E-state index in [0.717, 1.165) is 53.2 Å². The quantitative estimate of drug-likeness (QED) is 0.474. The molecule has 2 aliphatic heterocycles. The van der Waals surface area contributed by atoms with Crippen molar-refractivity contribution in [1.82, 2.24) is 14.5 Å². The summed E-state index contributed by atoms with van der Waals surface area (Å²) in [5.41, 5.74) is 4.78. The van der Waals surface area contributed by atoms with Crippen molar-refractivity contribution < 1.29 is 14.3 Å². The second-order valence-electron chi connectivity index (χ2n) is 8.21. The second-order valence-corrected chi connectivity index (χ2v) is 8.21. The smallest absolute Gasteiger partial charge is 0.254 e. The summed E-state index contributed by atoms with van der Waals surface area (Å²) >= 11 is 0. The maximum Gasteiger partial charge on any atom is 0.254 e. The molecule has 0 N–H and O–H groups in total. The molecule has 1 fully saturated rings. The number of imidazole rings is 1. The monoisotopic (exact) mass is 425 g/mol. The van der Waals surface area contributed by atoms with E-state index in [1.165, 1.54) is 0 Å². The molecule has 1 atom stereocenters. The van der Waals surface area contributed by atoms with E-state index in [1.807, 2.05) is 76.5 Å². The minimum atomic E-state index is 0.0515. The van der Waals surface area contributed by atoms with Crippen molar-refractivity contribution in [2.75, 3.05) is 19.8 Å². The van der Waals surface area contributed by atoms with Crippen molar-refractivity contribution in [3.8, 4) is 17.2 Å². The lowest BCUT2D eigenvalue weighted by atomic mass is 10.0. The first-order chi connectivity index (χ1) is 15.8. The molecule has 4 aromatic rings. The van der Waals surface area contributed by atoms with Gasteiger partial charge in [0.2, 0.25) is 0 Å². The molecule has 32 heavy (non-hydrogen) atoms. The number of para-hydroxylation sites is 2. The van der Waals surface area contributed by atoms with Crippen molar-refractivity contribution >= 4 is 16.9 Å². The maximum atomic E-state index is 13.4. The number of rotatable bonds is 3. The number of ether oxygens (including phenoxy) is 2. The lowest BCUT2D eigenvalue weighted by molar-refractivity contribution is 0.0735. The van der Waals surface area contributed by atoms with Crippen LogP contribution in [0, 0.1) is 0 Å². The fourth-order valence-electron chi connectivity index (χ4n) is 4.72. The number of fused-ring (bicyclic) bond motifs is 2. The standard InChI is InChI=1S/C26H23N3O3/c30-26(18-7-10-20(11-8-18)29-17-27-21-4-1-2-5-23(21)29)28-13-3-6-22(28)19-9-12-24-25(16-19)32-15-14-31-24/h1-2,4-5,7-12,16-17,22H,3,6,13-15H2/t22-/m0/s1. The zero-order valence-corrected chi connectivity index (χ0v) is 17.6. The van der Waals surface area contributed by atoms with Crippen molar-refractivity contribution in [3.63, 3.8) is 0 Å². The van der Waals surface area contributed by atoms with E-state index in [9.17, 15) is 4.79 Å². The van der Waals surface area contributed by atoms with Gasteiger partial charge in [-0.3, -0.25) is 9.36 Å². The number of benzene rings is 3. The molecule has 1 saturated heterocycles. The SMILES string of the molecule is O=C(c1ccc(-n2cnc3ccccc32)cc1)N1CCC[C@H]1c1ccc2c(c1)OCCO2. The average Bonchev–Trinajstić information content (AvgIpc) is 3.51.